The molecule has 2 atom stereocenters. The maximum absolute atomic E-state index is 12.6. The van der Waals surface area contributed by atoms with Gasteiger partial charge in [0.15, 0.2) is 0 Å². The van der Waals surface area contributed by atoms with Crippen molar-refractivity contribution in [3.05, 3.63) is 30.3 Å². The molecular formula is C20H30N4OS. The Labute approximate surface area is 161 Å². The minimum Gasteiger partial charge on any atom is -0.372 e. The van der Waals surface area contributed by atoms with Crippen molar-refractivity contribution >= 4 is 23.4 Å². The lowest BCUT2D eigenvalue weighted by atomic mass is 10.00. The minimum absolute atomic E-state index is 0.0309. The Morgan fingerprint density at radius 3 is 2.65 bits per heavy atom. The third kappa shape index (κ3) is 3.87. The fraction of sp³-hybridized carbons (Fsp3) is 0.650. The van der Waals surface area contributed by atoms with Crippen LogP contribution in [0.2, 0.25) is 0 Å². The monoisotopic (exact) mass is 374 g/mol. The molecular weight excluding hydrogens is 344 g/mol. The average molecular weight is 375 g/mol. The summed E-state index contributed by atoms with van der Waals surface area (Å²) in [6, 6.07) is 11.8. The van der Waals surface area contributed by atoms with Gasteiger partial charge in [-0.25, -0.2) is 0 Å². The first kappa shape index (κ1) is 18.1. The topological polar surface area (TPSA) is 38.8 Å². The lowest BCUT2D eigenvalue weighted by Crippen LogP contribution is -2.48. The summed E-state index contributed by atoms with van der Waals surface area (Å²) in [4.78, 5) is 19.7. The van der Waals surface area contributed by atoms with E-state index in [0.29, 0.717) is 18.0 Å². The average Bonchev–Trinajstić information content (AvgIpc) is 3.40. The Morgan fingerprint density at radius 1 is 1.19 bits per heavy atom. The predicted octanol–water partition coefficient (Wildman–Crippen LogP) is 1.85. The summed E-state index contributed by atoms with van der Waals surface area (Å²) in [6.07, 6.45) is 3.37. The number of carbonyl (C=O) groups is 1. The Hall–Kier alpha value is -1.24. The number of carbonyl (C=O) groups excluding carboxylic acids is 1. The van der Waals surface area contributed by atoms with Gasteiger partial charge < -0.3 is 15.1 Å². The molecule has 5 nitrogen and oxygen atoms in total. The molecule has 1 aromatic carbocycles. The third-order valence-corrected chi connectivity index (χ3v) is 7.16. The Bertz CT molecular complexity index is 599. The molecule has 3 heterocycles. The number of rotatable bonds is 4. The molecule has 0 aliphatic carbocycles. The summed E-state index contributed by atoms with van der Waals surface area (Å²) in [5, 5.41) is 3.49. The number of likely N-dealkylation sites (tertiary alicyclic amines) is 1. The molecule has 0 radical (unpaired) electrons. The fourth-order valence-corrected chi connectivity index (χ4v) is 5.46. The van der Waals surface area contributed by atoms with Crippen molar-refractivity contribution in [1.82, 2.24) is 15.1 Å². The van der Waals surface area contributed by atoms with Crippen LogP contribution in [0.3, 0.4) is 0 Å². The maximum atomic E-state index is 12.6. The fourth-order valence-electron chi connectivity index (χ4n) is 4.50. The first-order valence-corrected chi connectivity index (χ1v) is 11.0. The van der Waals surface area contributed by atoms with E-state index < -0.39 is 0 Å². The highest BCUT2D eigenvalue weighted by Crippen LogP contribution is 2.26. The summed E-state index contributed by atoms with van der Waals surface area (Å²) < 4.78 is 0. The molecule has 0 unspecified atom stereocenters. The van der Waals surface area contributed by atoms with E-state index in [2.05, 4.69) is 52.5 Å². The van der Waals surface area contributed by atoms with E-state index >= 15 is 0 Å². The lowest BCUT2D eigenvalue weighted by Gasteiger charge is -2.40. The Balaban J connectivity index is 1.27. The van der Waals surface area contributed by atoms with Crippen molar-refractivity contribution in [1.29, 1.82) is 0 Å². The van der Waals surface area contributed by atoms with Gasteiger partial charge in [-0.15, -0.1) is 11.8 Å². The number of amides is 1. The smallest absolute Gasteiger partial charge is 0.240 e. The number of nitrogens with zero attached hydrogens (tertiary/aromatic N) is 3. The number of piperidine rings is 1. The second-order valence-corrected chi connectivity index (χ2v) is 8.78. The molecule has 3 saturated heterocycles. The summed E-state index contributed by atoms with van der Waals surface area (Å²) in [5.41, 5.74) is 1.31. The zero-order valence-electron chi connectivity index (χ0n) is 15.6. The number of hydrogen-bond donors (Lipinski definition) is 1. The Morgan fingerprint density at radius 2 is 1.96 bits per heavy atom. The van der Waals surface area contributed by atoms with Crippen molar-refractivity contribution in [2.75, 3.05) is 49.8 Å². The quantitative estimate of drug-likeness (QED) is 0.871. The second kappa shape index (κ2) is 8.19. The number of benzene rings is 1. The van der Waals surface area contributed by atoms with Gasteiger partial charge in [-0.05, 0) is 31.4 Å². The van der Waals surface area contributed by atoms with Crippen LogP contribution in [0.1, 0.15) is 19.3 Å². The molecule has 1 aromatic rings. The van der Waals surface area contributed by atoms with Gasteiger partial charge in [-0.1, -0.05) is 18.2 Å². The van der Waals surface area contributed by atoms with Crippen LogP contribution < -0.4 is 10.2 Å². The molecule has 142 valence electrons. The van der Waals surface area contributed by atoms with Crippen molar-refractivity contribution in [2.24, 2.45) is 0 Å². The molecule has 6 heteroatoms. The first-order valence-electron chi connectivity index (χ1n) is 9.84. The zero-order valence-corrected chi connectivity index (χ0v) is 16.5. The third-order valence-electron chi connectivity index (χ3n) is 6.20. The van der Waals surface area contributed by atoms with Gasteiger partial charge in [-0.2, -0.15) is 0 Å². The van der Waals surface area contributed by atoms with Gasteiger partial charge >= 0.3 is 0 Å². The van der Waals surface area contributed by atoms with Crippen LogP contribution >= 0.6 is 11.8 Å². The van der Waals surface area contributed by atoms with Crippen LogP contribution in [0.5, 0.6) is 0 Å². The standard InChI is InChI=1S/C20H30N4OS/c1-22(16-5-3-2-4-6-16)17-7-9-23(10-8-17)18-13-19(21-14-18)20(25)24-11-12-26-15-24/h2-6,17-19,21H,7-15H2,1H3/t18-,19-/m0/s1. The van der Waals surface area contributed by atoms with E-state index in [9.17, 15) is 4.79 Å². The van der Waals surface area contributed by atoms with Crippen LogP contribution in [-0.2, 0) is 4.79 Å². The van der Waals surface area contributed by atoms with Gasteiger partial charge in [-0.3, -0.25) is 9.69 Å². The predicted molar refractivity (Wildman–Crippen MR) is 109 cm³/mol. The summed E-state index contributed by atoms with van der Waals surface area (Å²) >= 11 is 1.86. The van der Waals surface area contributed by atoms with Gasteiger partial charge in [0.2, 0.25) is 5.91 Å². The SMILES string of the molecule is CN(c1ccccc1)C1CCN([C@@H]2CN[C@H](C(=O)N3CCSC3)C2)CC1. The number of para-hydroxylation sites is 1. The van der Waals surface area contributed by atoms with Gasteiger partial charge in [0, 0.05) is 56.8 Å². The van der Waals surface area contributed by atoms with Crippen LogP contribution in [-0.4, -0.2) is 78.7 Å². The molecule has 1 N–H and O–H groups in total. The first-order chi connectivity index (χ1) is 12.7. The van der Waals surface area contributed by atoms with Crippen LogP contribution in [0.15, 0.2) is 30.3 Å². The van der Waals surface area contributed by atoms with Gasteiger partial charge in [0.25, 0.3) is 0 Å². The van der Waals surface area contributed by atoms with Gasteiger partial charge in [0.1, 0.15) is 0 Å². The molecule has 3 fully saturated rings. The molecule has 3 aliphatic heterocycles. The molecule has 4 rings (SSSR count). The van der Waals surface area contributed by atoms with E-state index in [1.54, 1.807) is 0 Å². The van der Waals surface area contributed by atoms with E-state index in [-0.39, 0.29) is 6.04 Å². The van der Waals surface area contributed by atoms with Crippen LogP contribution in [0.4, 0.5) is 5.69 Å². The Kier molecular flexibility index (Phi) is 5.72. The summed E-state index contributed by atoms with van der Waals surface area (Å²) in [6.45, 7) is 4.14. The largest absolute Gasteiger partial charge is 0.372 e. The molecule has 0 spiro atoms. The van der Waals surface area contributed by atoms with E-state index in [1.807, 2.05) is 16.7 Å². The van der Waals surface area contributed by atoms with Crippen molar-refractivity contribution in [3.8, 4) is 0 Å². The number of nitrogens with one attached hydrogen (secondary N) is 1. The lowest BCUT2D eigenvalue weighted by molar-refractivity contribution is -0.131. The number of hydrogen-bond acceptors (Lipinski definition) is 5. The molecule has 0 aromatic heterocycles. The van der Waals surface area contributed by atoms with E-state index in [0.717, 1.165) is 44.2 Å². The van der Waals surface area contributed by atoms with Crippen molar-refractivity contribution in [3.63, 3.8) is 0 Å². The summed E-state index contributed by atoms with van der Waals surface area (Å²) in [5.74, 6) is 2.28. The highest BCUT2D eigenvalue weighted by atomic mass is 32.2. The molecule has 3 aliphatic rings. The zero-order chi connectivity index (χ0) is 17.9. The highest BCUT2D eigenvalue weighted by molar-refractivity contribution is 7.99. The highest BCUT2D eigenvalue weighted by Gasteiger charge is 2.37. The second-order valence-electron chi connectivity index (χ2n) is 7.70. The number of anilines is 1. The maximum Gasteiger partial charge on any atom is 0.240 e. The molecule has 1 amide bonds. The molecule has 26 heavy (non-hydrogen) atoms. The normalized spacial score (nSPS) is 27.8. The molecule has 0 saturated carbocycles. The number of thioether (sulfide) groups is 1. The van der Waals surface area contributed by atoms with Gasteiger partial charge in [0.05, 0.1) is 11.9 Å². The summed E-state index contributed by atoms with van der Waals surface area (Å²) in [7, 11) is 2.22. The minimum atomic E-state index is 0.0309. The van der Waals surface area contributed by atoms with E-state index in [4.69, 9.17) is 0 Å². The van der Waals surface area contributed by atoms with Crippen LogP contribution in [0, 0.1) is 0 Å². The van der Waals surface area contributed by atoms with Crippen LogP contribution in [0.25, 0.3) is 0 Å². The molecule has 0 bridgehead atoms. The van der Waals surface area contributed by atoms with Crippen molar-refractivity contribution < 1.29 is 4.79 Å². The van der Waals surface area contributed by atoms with Crippen molar-refractivity contribution in [2.45, 2.75) is 37.4 Å². The van der Waals surface area contributed by atoms with E-state index in [1.165, 1.54) is 18.5 Å².